The molecule has 2 unspecified atom stereocenters. The van der Waals surface area contributed by atoms with Gasteiger partial charge in [-0.25, -0.2) is 0 Å². The van der Waals surface area contributed by atoms with Gasteiger partial charge in [0.05, 0.1) is 0 Å². The summed E-state index contributed by atoms with van der Waals surface area (Å²) in [4.78, 5) is 0. The van der Waals surface area contributed by atoms with E-state index in [0.717, 1.165) is 15.8 Å². The van der Waals surface area contributed by atoms with Crippen molar-refractivity contribution in [3.8, 4) is 0 Å². The van der Waals surface area contributed by atoms with Crippen LogP contribution in [0, 0.1) is 11.8 Å². The summed E-state index contributed by atoms with van der Waals surface area (Å²) in [7, 11) is 0. The fourth-order valence-corrected chi connectivity index (χ4v) is 3.28. The van der Waals surface area contributed by atoms with Gasteiger partial charge in [-0.1, -0.05) is 55.0 Å². The van der Waals surface area contributed by atoms with Crippen LogP contribution >= 0.6 is 22.6 Å². The molecular weight excluding hydrogens is 247 g/mol. The molecule has 1 aliphatic rings. The summed E-state index contributed by atoms with van der Waals surface area (Å²) >= 11 is 2.53. The van der Waals surface area contributed by atoms with Gasteiger partial charge in [0, 0.05) is 3.92 Å². The summed E-state index contributed by atoms with van der Waals surface area (Å²) in [6.45, 7) is 8.81. The van der Waals surface area contributed by atoms with Crippen molar-refractivity contribution in [1.29, 1.82) is 0 Å². The minimum Gasteiger partial charge on any atom is -0.0985 e. The zero-order valence-corrected chi connectivity index (χ0v) is 9.60. The third kappa shape index (κ3) is 1.98. The number of hydrogen-bond acceptors (Lipinski definition) is 0. The van der Waals surface area contributed by atoms with Crippen LogP contribution in [0.1, 0.15) is 33.1 Å². The summed E-state index contributed by atoms with van der Waals surface area (Å²) in [6, 6.07) is 0. The normalized spacial score (nSPS) is 38.1. The topological polar surface area (TPSA) is 0 Å². The fraction of sp³-hybridized carbons (Fsp3) is 0.800. The molecule has 1 heteroatoms. The van der Waals surface area contributed by atoms with E-state index in [1.54, 1.807) is 0 Å². The molecule has 1 saturated carbocycles. The second-order valence-corrected chi connectivity index (χ2v) is 5.15. The predicted octanol–water partition coefficient (Wildman–Crippen LogP) is 3.80. The quantitative estimate of drug-likeness (QED) is 0.404. The largest absolute Gasteiger partial charge is 0.0985 e. The Bertz CT molecular complexity index is 151. The van der Waals surface area contributed by atoms with Gasteiger partial charge in [-0.3, -0.25) is 0 Å². The van der Waals surface area contributed by atoms with Gasteiger partial charge in [0.15, 0.2) is 0 Å². The monoisotopic (exact) mass is 264 g/mol. The van der Waals surface area contributed by atoms with Gasteiger partial charge in [-0.2, -0.15) is 0 Å². The summed E-state index contributed by atoms with van der Waals surface area (Å²) in [6.07, 6.45) is 4.00. The van der Waals surface area contributed by atoms with Gasteiger partial charge in [0.2, 0.25) is 0 Å². The van der Waals surface area contributed by atoms with Crippen molar-refractivity contribution >= 4 is 22.6 Å². The highest BCUT2D eigenvalue weighted by molar-refractivity contribution is 14.1. The molecule has 0 amide bonds. The maximum absolute atomic E-state index is 4.18. The van der Waals surface area contributed by atoms with Gasteiger partial charge >= 0.3 is 0 Å². The third-order valence-electron chi connectivity index (χ3n) is 2.74. The number of hydrogen-bond donors (Lipinski definition) is 0. The Morgan fingerprint density at radius 3 is 2.64 bits per heavy atom. The van der Waals surface area contributed by atoms with Crippen LogP contribution in [0.2, 0.25) is 0 Å². The molecule has 64 valence electrons. The highest BCUT2D eigenvalue weighted by Gasteiger charge is 2.32. The van der Waals surface area contributed by atoms with Crippen LogP contribution in [0.25, 0.3) is 0 Å². The average molecular weight is 264 g/mol. The van der Waals surface area contributed by atoms with Crippen LogP contribution in [-0.4, -0.2) is 3.92 Å². The highest BCUT2D eigenvalue weighted by Crippen LogP contribution is 2.42. The molecular formula is C10H17I. The standard InChI is InChI=1S/C10H17I/c1-4-5-9-7(2)6-10(11)8(9)3/h7,9-10H,3-6H2,1-2H3/t7?,9?,10-/m0/s1. The lowest BCUT2D eigenvalue weighted by molar-refractivity contribution is 0.429. The first-order chi connectivity index (χ1) is 5.16. The summed E-state index contributed by atoms with van der Waals surface area (Å²) in [5, 5.41) is 0. The Morgan fingerprint density at radius 1 is 1.64 bits per heavy atom. The minimum absolute atomic E-state index is 0.749. The van der Waals surface area contributed by atoms with Gasteiger partial charge in [0.1, 0.15) is 0 Å². The number of rotatable bonds is 2. The van der Waals surface area contributed by atoms with E-state index in [2.05, 4.69) is 43.0 Å². The van der Waals surface area contributed by atoms with E-state index in [4.69, 9.17) is 0 Å². The molecule has 0 aromatic heterocycles. The van der Waals surface area contributed by atoms with Crippen molar-refractivity contribution in [3.05, 3.63) is 12.2 Å². The lowest BCUT2D eigenvalue weighted by atomic mass is 9.91. The summed E-state index contributed by atoms with van der Waals surface area (Å²) in [5.41, 5.74) is 1.50. The molecule has 0 aromatic carbocycles. The second kappa shape index (κ2) is 3.92. The van der Waals surface area contributed by atoms with E-state index < -0.39 is 0 Å². The molecule has 0 radical (unpaired) electrons. The molecule has 1 fully saturated rings. The van der Waals surface area contributed by atoms with E-state index in [1.165, 1.54) is 24.8 Å². The molecule has 0 heterocycles. The van der Waals surface area contributed by atoms with Crippen molar-refractivity contribution < 1.29 is 0 Å². The SMILES string of the molecule is C=C1C(CCC)C(C)C[C@@H]1I. The smallest absolute Gasteiger partial charge is 0.0321 e. The van der Waals surface area contributed by atoms with Gasteiger partial charge in [-0.05, 0) is 24.7 Å². The molecule has 0 aliphatic heterocycles. The average Bonchev–Trinajstić information content (AvgIpc) is 2.17. The van der Waals surface area contributed by atoms with E-state index in [0.29, 0.717) is 0 Å². The van der Waals surface area contributed by atoms with Gasteiger partial charge in [0.25, 0.3) is 0 Å². The molecule has 1 aliphatic carbocycles. The van der Waals surface area contributed by atoms with Crippen LogP contribution in [-0.2, 0) is 0 Å². The Kier molecular flexibility index (Phi) is 3.41. The molecule has 1 rings (SSSR count). The van der Waals surface area contributed by atoms with Gasteiger partial charge < -0.3 is 0 Å². The van der Waals surface area contributed by atoms with Crippen LogP contribution in [0.15, 0.2) is 12.2 Å². The van der Waals surface area contributed by atoms with Crippen molar-refractivity contribution in [3.63, 3.8) is 0 Å². The number of allylic oxidation sites excluding steroid dienone is 1. The zero-order valence-electron chi connectivity index (χ0n) is 7.44. The molecule has 0 N–H and O–H groups in total. The van der Waals surface area contributed by atoms with Crippen molar-refractivity contribution in [2.75, 3.05) is 0 Å². The summed E-state index contributed by atoms with van der Waals surface area (Å²) < 4.78 is 0.749. The Morgan fingerprint density at radius 2 is 2.27 bits per heavy atom. The zero-order chi connectivity index (χ0) is 8.43. The Hall–Kier alpha value is 0.470. The second-order valence-electron chi connectivity index (χ2n) is 3.65. The first-order valence-electron chi connectivity index (χ1n) is 4.49. The Balaban J connectivity index is 2.56. The maximum atomic E-state index is 4.18. The molecule has 0 saturated heterocycles. The fourth-order valence-electron chi connectivity index (χ4n) is 2.02. The van der Waals surface area contributed by atoms with Crippen molar-refractivity contribution in [2.45, 2.75) is 37.0 Å². The minimum atomic E-state index is 0.749. The van der Waals surface area contributed by atoms with E-state index in [9.17, 15) is 0 Å². The van der Waals surface area contributed by atoms with Crippen LogP contribution in [0.3, 0.4) is 0 Å². The van der Waals surface area contributed by atoms with Crippen molar-refractivity contribution in [2.24, 2.45) is 11.8 Å². The molecule has 0 spiro atoms. The van der Waals surface area contributed by atoms with Crippen molar-refractivity contribution in [1.82, 2.24) is 0 Å². The summed E-state index contributed by atoms with van der Waals surface area (Å²) in [5.74, 6) is 1.70. The van der Waals surface area contributed by atoms with Gasteiger partial charge in [-0.15, -0.1) is 0 Å². The lowest BCUT2D eigenvalue weighted by Gasteiger charge is -2.14. The molecule has 0 aromatic rings. The highest BCUT2D eigenvalue weighted by atomic mass is 127. The lowest BCUT2D eigenvalue weighted by Crippen LogP contribution is -2.04. The Labute approximate surface area is 83.6 Å². The first-order valence-corrected chi connectivity index (χ1v) is 5.74. The predicted molar refractivity (Wildman–Crippen MR) is 59.1 cm³/mol. The van der Waals surface area contributed by atoms with E-state index in [1.807, 2.05) is 0 Å². The van der Waals surface area contributed by atoms with Crippen LogP contribution in [0.4, 0.5) is 0 Å². The number of halogens is 1. The molecule has 0 nitrogen and oxygen atoms in total. The number of alkyl halides is 1. The van der Waals surface area contributed by atoms with Crippen LogP contribution in [0.5, 0.6) is 0 Å². The molecule has 3 atom stereocenters. The van der Waals surface area contributed by atoms with Crippen LogP contribution < -0.4 is 0 Å². The maximum Gasteiger partial charge on any atom is 0.0321 e. The van der Waals surface area contributed by atoms with E-state index >= 15 is 0 Å². The molecule has 0 bridgehead atoms. The molecule has 11 heavy (non-hydrogen) atoms. The third-order valence-corrected chi connectivity index (χ3v) is 4.05. The first kappa shape index (κ1) is 9.56. The van der Waals surface area contributed by atoms with E-state index in [-0.39, 0.29) is 0 Å².